The van der Waals surface area contributed by atoms with E-state index in [1.165, 1.54) is 11.9 Å². The fourth-order valence-corrected chi connectivity index (χ4v) is 2.67. The number of carbonyl (C=O) groups excluding carboxylic acids is 1. The van der Waals surface area contributed by atoms with Gasteiger partial charge in [-0.1, -0.05) is 23.2 Å². The Kier molecular flexibility index (Phi) is 4.37. The molecule has 20 heavy (non-hydrogen) atoms. The minimum absolute atomic E-state index is 0.110. The first-order valence-electron chi connectivity index (χ1n) is 5.33. The average molecular weight is 331 g/mol. The molecule has 0 spiro atoms. The molecule has 0 radical (unpaired) electrons. The summed E-state index contributed by atoms with van der Waals surface area (Å²) < 4.78 is 0. The van der Waals surface area contributed by atoms with Crippen LogP contribution < -0.4 is 0 Å². The van der Waals surface area contributed by atoms with Crippen molar-refractivity contribution in [3.8, 4) is 0 Å². The van der Waals surface area contributed by atoms with Crippen molar-refractivity contribution in [2.45, 2.75) is 0 Å². The topological polar surface area (TPSA) is 70.0 Å². The number of halogens is 2. The van der Waals surface area contributed by atoms with Gasteiger partial charge < -0.3 is 5.11 Å². The van der Waals surface area contributed by atoms with Gasteiger partial charge in [0.1, 0.15) is 0 Å². The summed E-state index contributed by atoms with van der Waals surface area (Å²) in [5.41, 5.74) is 0.526. The Morgan fingerprint density at radius 2 is 2.10 bits per heavy atom. The van der Waals surface area contributed by atoms with E-state index in [-0.39, 0.29) is 4.91 Å². The molecule has 1 aromatic carbocycles. The van der Waals surface area contributed by atoms with E-state index in [9.17, 15) is 9.59 Å². The first-order chi connectivity index (χ1) is 9.38. The van der Waals surface area contributed by atoms with E-state index in [0.717, 1.165) is 17.8 Å². The third kappa shape index (κ3) is 3.15. The maximum Gasteiger partial charge on any atom is 0.329 e. The lowest BCUT2D eigenvalue weighted by Crippen LogP contribution is -2.23. The van der Waals surface area contributed by atoms with E-state index in [1.54, 1.807) is 18.2 Å². The summed E-state index contributed by atoms with van der Waals surface area (Å²) in [5.74, 6) is -1.58. The first-order valence-corrected chi connectivity index (χ1v) is 6.90. The molecule has 1 aromatic rings. The van der Waals surface area contributed by atoms with Gasteiger partial charge in [0.25, 0.3) is 5.91 Å². The second-order valence-corrected chi connectivity index (χ2v) is 5.63. The SMILES string of the molecule is CN1C(=O)/C(=C/C(=O)O)SC1=Nc1ccc(Cl)c(Cl)c1. The molecule has 2 rings (SSSR count). The highest BCUT2D eigenvalue weighted by atomic mass is 35.5. The number of aliphatic imine (C=N–C) groups is 1. The van der Waals surface area contributed by atoms with Crippen LogP contribution in [0, 0.1) is 0 Å². The zero-order valence-electron chi connectivity index (χ0n) is 10.1. The molecular formula is C12H8Cl2N2O3S. The summed E-state index contributed by atoms with van der Waals surface area (Å²) in [6, 6.07) is 4.81. The van der Waals surface area contributed by atoms with Crippen molar-refractivity contribution in [1.82, 2.24) is 4.90 Å². The van der Waals surface area contributed by atoms with Crippen LogP contribution in [0.5, 0.6) is 0 Å². The first kappa shape index (κ1) is 14.9. The molecule has 1 heterocycles. The molecule has 5 nitrogen and oxygen atoms in total. The van der Waals surface area contributed by atoms with Crippen molar-refractivity contribution in [1.29, 1.82) is 0 Å². The van der Waals surface area contributed by atoms with Gasteiger partial charge in [-0.05, 0) is 30.0 Å². The van der Waals surface area contributed by atoms with Gasteiger partial charge in [-0.3, -0.25) is 9.69 Å². The van der Waals surface area contributed by atoms with Crippen molar-refractivity contribution in [2.75, 3.05) is 7.05 Å². The molecule has 0 bridgehead atoms. The van der Waals surface area contributed by atoms with E-state index >= 15 is 0 Å². The zero-order chi connectivity index (χ0) is 14.9. The van der Waals surface area contributed by atoms with E-state index in [4.69, 9.17) is 28.3 Å². The number of likely N-dealkylation sites (N-methyl/N-ethyl adjacent to an activating group) is 1. The summed E-state index contributed by atoms with van der Waals surface area (Å²) >= 11 is 12.7. The standard InChI is InChI=1S/C12H8Cl2N2O3S/c1-16-11(19)9(5-10(17)18)20-12(16)15-6-2-3-7(13)8(14)4-6/h2-5H,1H3,(H,17,18)/b9-5-,15-12?. The number of rotatable bonds is 2. The van der Waals surface area contributed by atoms with Crippen LogP contribution in [0.4, 0.5) is 5.69 Å². The monoisotopic (exact) mass is 330 g/mol. The van der Waals surface area contributed by atoms with Crippen LogP contribution >= 0.6 is 35.0 Å². The third-order valence-corrected chi connectivity index (χ3v) is 4.19. The average Bonchev–Trinajstić information content (AvgIpc) is 2.62. The van der Waals surface area contributed by atoms with Crippen molar-refractivity contribution in [3.05, 3.63) is 39.2 Å². The molecule has 1 saturated heterocycles. The minimum Gasteiger partial charge on any atom is -0.478 e. The maximum absolute atomic E-state index is 11.8. The highest BCUT2D eigenvalue weighted by Gasteiger charge is 2.31. The largest absolute Gasteiger partial charge is 0.478 e. The van der Waals surface area contributed by atoms with Gasteiger partial charge in [0, 0.05) is 13.1 Å². The number of aliphatic carboxylic acids is 1. The van der Waals surface area contributed by atoms with Gasteiger partial charge >= 0.3 is 5.97 Å². The van der Waals surface area contributed by atoms with E-state index in [1.807, 2.05) is 0 Å². The number of thioether (sulfide) groups is 1. The number of benzene rings is 1. The molecule has 0 atom stereocenters. The van der Waals surface area contributed by atoms with Gasteiger partial charge in [-0.25, -0.2) is 9.79 Å². The maximum atomic E-state index is 11.8. The molecule has 104 valence electrons. The number of nitrogens with zero attached hydrogens (tertiary/aromatic N) is 2. The van der Waals surface area contributed by atoms with Gasteiger partial charge in [0.15, 0.2) is 5.17 Å². The van der Waals surface area contributed by atoms with Crippen LogP contribution in [-0.4, -0.2) is 34.1 Å². The van der Waals surface area contributed by atoms with Crippen LogP contribution in [0.15, 0.2) is 34.2 Å². The number of carboxylic acid groups (broad SMARTS) is 1. The molecule has 8 heteroatoms. The quantitative estimate of drug-likeness (QED) is 0.845. The molecule has 0 saturated carbocycles. The predicted molar refractivity (Wildman–Crippen MR) is 79.6 cm³/mol. The molecule has 1 amide bonds. The Labute approximate surface area is 128 Å². The number of amides is 1. The van der Waals surface area contributed by atoms with E-state index in [0.29, 0.717) is 20.9 Å². The molecule has 1 fully saturated rings. The second kappa shape index (κ2) is 5.87. The lowest BCUT2D eigenvalue weighted by atomic mass is 10.3. The minimum atomic E-state index is -1.18. The fraction of sp³-hybridized carbons (Fsp3) is 0.0833. The molecule has 1 aliphatic heterocycles. The molecule has 1 N–H and O–H groups in total. The lowest BCUT2D eigenvalue weighted by molar-refractivity contribution is -0.132. The Balaban J connectivity index is 2.33. The van der Waals surface area contributed by atoms with Crippen LogP contribution in [0.3, 0.4) is 0 Å². The lowest BCUT2D eigenvalue weighted by Gasteiger charge is -2.07. The number of hydrogen-bond acceptors (Lipinski definition) is 4. The zero-order valence-corrected chi connectivity index (χ0v) is 12.5. The molecule has 0 unspecified atom stereocenters. The molecule has 0 aromatic heterocycles. The van der Waals surface area contributed by atoms with Crippen LogP contribution in [0.25, 0.3) is 0 Å². The van der Waals surface area contributed by atoms with Crippen molar-refractivity contribution >= 4 is 57.7 Å². The third-order valence-electron chi connectivity index (χ3n) is 2.39. The fourth-order valence-electron chi connectivity index (χ4n) is 1.43. The number of hydrogen-bond donors (Lipinski definition) is 1. The molecule has 0 aliphatic carbocycles. The van der Waals surface area contributed by atoms with Crippen molar-refractivity contribution in [3.63, 3.8) is 0 Å². The Bertz CT molecular complexity index is 658. The van der Waals surface area contributed by atoms with Crippen LogP contribution in [0.2, 0.25) is 10.0 Å². The number of amidine groups is 1. The van der Waals surface area contributed by atoms with Crippen LogP contribution in [-0.2, 0) is 9.59 Å². The van der Waals surface area contributed by atoms with E-state index < -0.39 is 11.9 Å². The Hall–Kier alpha value is -1.50. The van der Waals surface area contributed by atoms with Crippen LogP contribution in [0.1, 0.15) is 0 Å². The van der Waals surface area contributed by atoms with Gasteiger partial charge in [0.05, 0.1) is 20.6 Å². The number of carboxylic acids is 1. The summed E-state index contributed by atoms with van der Waals surface area (Å²) in [4.78, 5) is 28.1. The van der Waals surface area contributed by atoms with Gasteiger partial charge in [-0.2, -0.15) is 0 Å². The Morgan fingerprint density at radius 3 is 2.70 bits per heavy atom. The molecular weight excluding hydrogens is 323 g/mol. The summed E-state index contributed by atoms with van der Waals surface area (Å²) in [7, 11) is 1.52. The molecule has 1 aliphatic rings. The van der Waals surface area contributed by atoms with Gasteiger partial charge in [-0.15, -0.1) is 0 Å². The normalized spacial score (nSPS) is 19.1. The van der Waals surface area contributed by atoms with Crippen molar-refractivity contribution < 1.29 is 14.7 Å². The Morgan fingerprint density at radius 1 is 1.40 bits per heavy atom. The summed E-state index contributed by atoms with van der Waals surface area (Å²) in [5, 5.41) is 9.83. The van der Waals surface area contributed by atoms with E-state index in [2.05, 4.69) is 4.99 Å². The van der Waals surface area contributed by atoms with Gasteiger partial charge in [0.2, 0.25) is 0 Å². The highest BCUT2D eigenvalue weighted by Crippen LogP contribution is 2.33. The smallest absolute Gasteiger partial charge is 0.329 e. The van der Waals surface area contributed by atoms with Crippen molar-refractivity contribution in [2.24, 2.45) is 4.99 Å². The summed E-state index contributed by atoms with van der Waals surface area (Å²) in [6.45, 7) is 0. The highest BCUT2D eigenvalue weighted by molar-refractivity contribution is 8.18. The number of carbonyl (C=O) groups is 2. The second-order valence-electron chi connectivity index (χ2n) is 3.81. The summed E-state index contributed by atoms with van der Waals surface area (Å²) in [6.07, 6.45) is 0.862. The predicted octanol–water partition coefficient (Wildman–Crippen LogP) is 3.15.